The van der Waals surface area contributed by atoms with Crippen molar-refractivity contribution in [2.75, 3.05) is 0 Å². The Hall–Kier alpha value is -2.55. The summed E-state index contributed by atoms with van der Waals surface area (Å²) < 4.78 is 8.31. The van der Waals surface area contributed by atoms with Crippen LogP contribution in [0.1, 0.15) is 37.5 Å². The number of nitrogens with zero attached hydrogens (tertiary/aromatic N) is 3. The molecule has 164 valence electrons. The fourth-order valence-corrected chi connectivity index (χ4v) is 7.12. The van der Waals surface area contributed by atoms with E-state index < -0.39 is 0 Å². The Balaban J connectivity index is 1.17. The first-order valence-corrected chi connectivity index (χ1v) is 12.7. The maximum Gasteiger partial charge on any atom is 0.281 e. The van der Waals surface area contributed by atoms with E-state index >= 15 is 0 Å². The third-order valence-corrected chi connectivity index (χ3v) is 8.49. The lowest BCUT2D eigenvalue weighted by atomic mass is 9.97. The number of thiophene rings is 1. The van der Waals surface area contributed by atoms with Gasteiger partial charge in [-0.2, -0.15) is 4.98 Å². The molecule has 1 amide bonds. The van der Waals surface area contributed by atoms with Crippen molar-refractivity contribution in [3.05, 3.63) is 47.5 Å². The van der Waals surface area contributed by atoms with Crippen LogP contribution in [0, 0.1) is 0 Å². The van der Waals surface area contributed by atoms with Crippen LogP contribution in [0.4, 0.5) is 0 Å². The number of hydrogen-bond acceptors (Lipinski definition) is 7. The van der Waals surface area contributed by atoms with E-state index in [-0.39, 0.29) is 5.91 Å². The molecule has 2 bridgehead atoms. The lowest BCUT2D eigenvalue weighted by Crippen LogP contribution is -2.49. The molecule has 2 fully saturated rings. The lowest BCUT2D eigenvalue weighted by Gasteiger charge is -2.38. The molecule has 2 aliphatic rings. The van der Waals surface area contributed by atoms with Crippen LogP contribution in [0.2, 0.25) is 0 Å². The highest BCUT2D eigenvalue weighted by atomic mass is 32.1. The molecule has 1 aromatic carbocycles. The summed E-state index contributed by atoms with van der Waals surface area (Å²) in [5, 5.41) is 5.01. The zero-order valence-corrected chi connectivity index (χ0v) is 19.4. The first kappa shape index (κ1) is 20.1. The standard InChI is InChI=1S/C24H24N4O2S2/c1-14(29)26-16-10-17-5-6-18(11-16)28(17)13-20-9-15-4-7-19(12-22(15)31-20)30-24-27-23-21(32-24)3-2-8-25-23/h2-4,7-9,12,16-18H,5-6,10-11,13H2,1H3,(H,26,29). The zero-order chi connectivity index (χ0) is 21.7. The van der Waals surface area contributed by atoms with E-state index in [1.165, 1.54) is 39.1 Å². The lowest BCUT2D eigenvalue weighted by molar-refractivity contribution is -0.120. The van der Waals surface area contributed by atoms with Crippen LogP contribution in [0.5, 0.6) is 10.9 Å². The Morgan fingerprint density at radius 2 is 2.00 bits per heavy atom. The molecule has 2 atom stereocenters. The molecular formula is C24H24N4O2S2. The number of nitrogens with one attached hydrogen (secondary N) is 1. The van der Waals surface area contributed by atoms with Crippen molar-refractivity contribution in [1.29, 1.82) is 0 Å². The molecule has 0 spiro atoms. The molecule has 4 aromatic rings. The number of fused-ring (bicyclic) bond motifs is 4. The van der Waals surface area contributed by atoms with Gasteiger partial charge in [0, 0.05) is 47.4 Å². The summed E-state index contributed by atoms with van der Waals surface area (Å²) >= 11 is 3.35. The molecule has 32 heavy (non-hydrogen) atoms. The predicted octanol–water partition coefficient (Wildman–Crippen LogP) is 5.33. The number of thiazole rings is 1. The average Bonchev–Trinajstić information content (AvgIpc) is 3.41. The molecule has 2 aliphatic heterocycles. The van der Waals surface area contributed by atoms with Gasteiger partial charge in [-0.05, 0) is 67.5 Å². The van der Waals surface area contributed by atoms with Crippen LogP contribution in [-0.2, 0) is 11.3 Å². The molecule has 5 heterocycles. The quantitative estimate of drug-likeness (QED) is 0.432. The number of hydrogen-bond donors (Lipinski definition) is 1. The van der Waals surface area contributed by atoms with Crippen molar-refractivity contribution in [2.45, 2.75) is 57.3 Å². The summed E-state index contributed by atoms with van der Waals surface area (Å²) in [6.07, 6.45) is 6.35. The second-order valence-corrected chi connectivity index (χ2v) is 10.9. The average molecular weight is 465 g/mol. The van der Waals surface area contributed by atoms with E-state index in [1.807, 2.05) is 29.5 Å². The van der Waals surface area contributed by atoms with Crippen molar-refractivity contribution < 1.29 is 9.53 Å². The first-order valence-electron chi connectivity index (χ1n) is 11.1. The number of pyridine rings is 1. The zero-order valence-electron chi connectivity index (χ0n) is 17.8. The van der Waals surface area contributed by atoms with Gasteiger partial charge in [0.25, 0.3) is 5.19 Å². The Kier molecular flexibility index (Phi) is 5.08. The monoisotopic (exact) mass is 464 g/mol. The first-order chi connectivity index (χ1) is 15.6. The molecule has 0 saturated carbocycles. The third-order valence-electron chi connectivity index (χ3n) is 6.52. The summed E-state index contributed by atoms with van der Waals surface area (Å²) in [5.41, 5.74) is 0.726. The number of ether oxygens (including phenoxy) is 1. The number of aromatic nitrogens is 2. The minimum atomic E-state index is 0.0903. The van der Waals surface area contributed by atoms with Crippen LogP contribution in [0.3, 0.4) is 0 Å². The van der Waals surface area contributed by atoms with E-state index in [9.17, 15) is 4.79 Å². The van der Waals surface area contributed by atoms with Gasteiger partial charge in [0.05, 0.1) is 4.70 Å². The Morgan fingerprint density at radius 3 is 2.78 bits per heavy atom. The predicted molar refractivity (Wildman–Crippen MR) is 129 cm³/mol. The van der Waals surface area contributed by atoms with E-state index in [1.54, 1.807) is 13.1 Å². The van der Waals surface area contributed by atoms with Gasteiger partial charge in [0.1, 0.15) is 5.75 Å². The smallest absolute Gasteiger partial charge is 0.281 e. The van der Waals surface area contributed by atoms with Crippen molar-refractivity contribution in [3.8, 4) is 10.9 Å². The molecule has 0 radical (unpaired) electrons. The van der Waals surface area contributed by atoms with Gasteiger partial charge in [-0.3, -0.25) is 9.69 Å². The van der Waals surface area contributed by atoms with E-state index in [4.69, 9.17) is 4.74 Å². The van der Waals surface area contributed by atoms with Gasteiger partial charge in [-0.15, -0.1) is 11.3 Å². The van der Waals surface area contributed by atoms with Gasteiger partial charge in [-0.25, -0.2) is 4.98 Å². The number of amides is 1. The third kappa shape index (κ3) is 3.87. The van der Waals surface area contributed by atoms with Crippen molar-refractivity contribution in [1.82, 2.24) is 20.2 Å². The molecule has 0 aliphatic carbocycles. The maximum atomic E-state index is 11.5. The summed E-state index contributed by atoms with van der Waals surface area (Å²) in [6.45, 7) is 2.61. The van der Waals surface area contributed by atoms with Crippen LogP contribution in [0.15, 0.2) is 42.6 Å². The van der Waals surface area contributed by atoms with Crippen molar-refractivity contribution in [2.24, 2.45) is 0 Å². The fraction of sp³-hybridized carbons (Fsp3) is 0.375. The Morgan fingerprint density at radius 1 is 1.16 bits per heavy atom. The Labute approximate surface area is 194 Å². The normalized spacial score (nSPS) is 23.1. The van der Waals surface area contributed by atoms with Crippen LogP contribution in [0.25, 0.3) is 20.4 Å². The van der Waals surface area contributed by atoms with Gasteiger partial charge in [0.15, 0.2) is 5.65 Å². The maximum absolute atomic E-state index is 11.5. The summed E-state index contributed by atoms with van der Waals surface area (Å²) in [6, 6.07) is 14.0. The highest BCUT2D eigenvalue weighted by Gasteiger charge is 2.40. The largest absolute Gasteiger partial charge is 0.431 e. The van der Waals surface area contributed by atoms with E-state index in [0.29, 0.717) is 23.3 Å². The van der Waals surface area contributed by atoms with Crippen LogP contribution >= 0.6 is 22.7 Å². The van der Waals surface area contributed by atoms with Gasteiger partial charge >= 0.3 is 0 Å². The topological polar surface area (TPSA) is 67.4 Å². The number of carbonyl (C=O) groups is 1. The molecule has 2 unspecified atom stereocenters. The second-order valence-electron chi connectivity index (χ2n) is 8.75. The van der Waals surface area contributed by atoms with Crippen LogP contribution < -0.4 is 10.1 Å². The number of piperidine rings is 1. The summed E-state index contributed by atoms with van der Waals surface area (Å²) in [5.74, 6) is 0.897. The second kappa shape index (κ2) is 8.10. The molecule has 1 N–H and O–H groups in total. The Bertz CT molecular complexity index is 1250. The number of carbonyl (C=O) groups excluding carboxylic acids is 1. The highest BCUT2D eigenvalue weighted by molar-refractivity contribution is 7.20. The van der Waals surface area contributed by atoms with Crippen molar-refractivity contribution in [3.63, 3.8) is 0 Å². The van der Waals surface area contributed by atoms with E-state index in [2.05, 4.69) is 38.4 Å². The number of rotatable bonds is 5. The SMILES string of the molecule is CC(=O)NC1CC2CCC(C1)N2Cc1cc2ccc(Oc3nc4ncccc4s3)cc2s1. The minimum Gasteiger partial charge on any atom is -0.431 e. The molecule has 2 saturated heterocycles. The summed E-state index contributed by atoms with van der Waals surface area (Å²) in [7, 11) is 0. The summed E-state index contributed by atoms with van der Waals surface area (Å²) in [4.78, 5) is 24.3. The molecule has 6 nitrogen and oxygen atoms in total. The highest BCUT2D eigenvalue weighted by Crippen LogP contribution is 2.39. The fourth-order valence-electron chi connectivity index (χ4n) is 5.22. The molecule has 3 aromatic heterocycles. The van der Waals surface area contributed by atoms with E-state index in [0.717, 1.165) is 35.5 Å². The molecule has 8 heteroatoms. The minimum absolute atomic E-state index is 0.0903. The molecular weight excluding hydrogens is 440 g/mol. The van der Waals surface area contributed by atoms with Gasteiger partial charge in [-0.1, -0.05) is 11.3 Å². The van der Waals surface area contributed by atoms with Crippen LogP contribution in [-0.4, -0.2) is 38.9 Å². The van der Waals surface area contributed by atoms with Gasteiger partial charge < -0.3 is 10.1 Å². The molecule has 6 rings (SSSR count). The van der Waals surface area contributed by atoms with Gasteiger partial charge in [0.2, 0.25) is 5.91 Å². The number of benzene rings is 1. The van der Waals surface area contributed by atoms with Crippen molar-refractivity contribution >= 4 is 49.0 Å².